The molecular formula is C25H23N3O2. The maximum Gasteiger partial charge on any atom is 0.255 e. The van der Waals surface area contributed by atoms with Crippen LogP contribution >= 0.6 is 0 Å². The number of aromatic nitrogens is 1. The molecule has 4 aromatic rings. The Labute approximate surface area is 175 Å². The lowest BCUT2D eigenvalue weighted by Crippen LogP contribution is -2.15. The Morgan fingerprint density at radius 1 is 0.900 bits per heavy atom. The molecule has 4 rings (SSSR count). The van der Waals surface area contributed by atoms with Crippen molar-refractivity contribution < 1.29 is 9.59 Å². The number of carbonyl (C=O) groups excluding carboxylic acids is 2. The lowest BCUT2D eigenvalue weighted by atomic mass is 10.1. The van der Waals surface area contributed by atoms with E-state index in [4.69, 9.17) is 0 Å². The van der Waals surface area contributed by atoms with Gasteiger partial charge in [-0.2, -0.15) is 0 Å². The molecule has 30 heavy (non-hydrogen) atoms. The fourth-order valence-electron chi connectivity index (χ4n) is 3.42. The predicted octanol–water partition coefficient (Wildman–Crippen LogP) is 5.30. The van der Waals surface area contributed by atoms with Gasteiger partial charge < -0.3 is 15.6 Å². The van der Waals surface area contributed by atoms with Crippen molar-refractivity contribution in [3.8, 4) is 0 Å². The minimum atomic E-state index is -0.213. The average molecular weight is 397 g/mol. The summed E-state index contributed by atoms with van der Waals surface area (Å²) in [4.78, 5) is 28.3. The molecule has 0 saturated carbocycles. The molecule has 0 bridgehead atoms. The largest absolute Gasteiger partial charge is 0.361 e. The van der Waals surface area contributed by atoms with Crippen molar-refractivity contribution in [1.29, 1.82) is 0 Å². The first-order chi connectivity index (χ1) is 14.6. The molecule has 3 aromatic carbocycles. The van der Waals surface area contributed by atoms with Crippen LogP contribution < -0.4 is 10.6 Å². The summed E-state index contributed by atoms with van der Waals surface area (Å²) in [7, 11) is 0. The zero-order valence-corrected chi connectivity index (χ0v) is 16.7. The van der Waals surface area contributed by atoms with Crippen LogP contribution in [0, 0.1) is 6.92 Å². The maximum atomic E-state index is 12.5. The van der Waals surface area contributed by atoms with Gasteiger partial charge in [-0.25, -0.2) is 0 Å². The van der Waals surface area contributed by atoms with Crippen molar-refractivity contribution in [2.45, 2.75) is 19.8 Å². The normalized spacial score (nSPS) is 10.7. The van der Waals surface area contributed by atoms with Gasteiger partial charge in [-0.15, -0.1) is 0 Å². The van der Waals surface area contributed by atoms with E-state index in [2.05, 4.69) is 21.7 Å². The van der Waals surface area contributed by atoms with Crippen molar-refractivity contribution in [1.82, 2.24) is 4.98 Å². The third-order valence-corrected chi connectivity index (χ3v) is 5.10. The molecule has 1 aromatic heterocycles. The highest BCUT2D eigenvalue weighted by Gasteiger charge is 2.12. The topological polar surface area (TPSA) is 74.0 Å². The molecule has 0 aliphatic heterocycles. The van der Waals surface area contributed by atoms with Crippen LogP contribution in [0.15, 0.2) is 79.0 Å². The molecular weight excluding hydrogens is 374 g/mol. The van der Waals surface area contributed by atoms with E-state index in [1.165, 1.54) is 0 Å². The summed E-state index contributed by atoms with van der Waals surface area (Å²) in [5.41, 5.74) is 4.98. The molecule has 0 aliphatic carbocycles. The van der Waals surface area contributed by atoms with E-state index in [0.29, 0.717) is 24.1 Å². The van der Waals surface area contributed by atoms with Gasteiger partial charge in [0, 0.05) is 40.5 Å². The third kappa shape index (κ3) is 4.41. The zero-order valence-electron chi connectivity index (χ0n) is 16.7. The fourth-order valence-corrected chi connectivity index (χ4v) is 3.42. The maximum absolute atomic E-state index is 12.5. The highest BCUT2D eigenvalue weighted by atomic mass is 16.2. The van der Waals surface area contributed by atoms with Crippen molar-refractivity contribution in [2.24, 2.45) is 0 Å². The Morgan fingerprint density at radius 2 is 1.67 bits per heavy atom. The predicted molar refractivity (Wildman–Crippen MR) is 121 cm³/mol. The molecule has 150 valence electrons. The number of anilines is 2. The summed E-state index contributed by atoms with van der Waals surface area (Å²) in [6, 6.07) is 22.7. The number of rotatable bonds is 6. The van der Waals surface area contributed by atoms with Gasteiger partial charge in [0.2, 0.25) is 5.91 Å². The Hall–Kier alpha value is -3.86. The van der Waals surface area contributed by atoms with Crippen LogP contribution in [0.5, 0.6) is 0 Å². The molecule has 0 unspecified atom stereocenters. The van der Waals surface area contributed by atoms with Crippen molar-refractivity contribution in [2.75, 3.05) is 10.6 Å². The minimum absolute atomic E-state index is 0.0796. The van der Waals surface area contributed by atoms with E-state index in [1.54, 1.807) is 12.1 Å². The first kappa shape index (κ1) is 19.5. The van der Waals surface area contributed by atoms with Gasteiger partial charge in [0.15, 0.2) is 0 Å². The van der Waals surface area contributed by atoms with Crippen LogP contribution in [0.4, 0.5) is 11.4 Å². The number of benzene rings is 3. The van der Waals surface area contributed by atoms with Crippen LogP contribution in [0.25, 0.3) is 10.9 Å². The molecule has 0 atom stereocenters. The average Bonchev–Trinajstić information content (AvgIpc) is 3.18. The number of para-hydroxylation sites is 2. The standard InChI is InChI=1S/C25H23N3O2/c1-17-11-12-18(25(30)27-20-7-3-2-4-8-20)15-23(17)28-24(29)14-13-19-16-26-22-10-6-5-9-21(19)22/h2-12,15-16,26H,13-14H2,1H3,(H,27,30)(H,28,29). The van der Waals surface area contributed by atoms with Gasteiger partial charge in [-0.1, -0.05) is 42.5 Å². The first-order valence-corrected chi connectivity index (χ1v) is 9.92. The smallest absolute Gasteiger partial charge is 0.255 e. The van der Waals surface area contributed by atoms with Gasteiger partial charge in [0.1, 0.15) is 0 Å². The van der Waals surface area contributed by atoms with E-state index in [0.717, 1.165) is 27.7 Å². The molecule has 1 heterocycles. The van der Waals surface area contributed by atoms with Crippen LogP contribution in [0.2, 0.25) is 0 Å². The summed E-state index contributed by atoms with van der Waals surface area (Å²) in [6.07, 6.45) is 2.96. The van der Waals surface area contributed by atoms with Crippen LogP contribution in [-0.4, -0.2) is 16.8 Å². The highest BCUT2D eigenvalue weighted by Crippen LogP contribution is 2.21. The van der Waals surface area contributed by atoms with Gasteiger partial charge in [-0.05, 0) is 54.8 Å². The summed E-state index contributed by atoms with van der Waals surface area (Å²) >= 11 is 0. The number of hydrogen-bond acceptors (Lipinski definition) is 2. The molecule has 2 amide bonds. The second-order valence-electron chi connectivity index (χ2n) is 7.26. The lowest BCUT2D eigenvalue weighted by molar-refractivity contribution is -0.116. The monoisotopic (exact) mass is 397 g/mol. The number of carbonyl (C=O) groups is 2. The summed E-state index contributed by atoms with van der Waals surface area (Å²) in [6.45, 7) is 1.91. The Morgan fingerprint density at radius 3 is 2.50 bits per heavy atom. The molecule has 0 spiro atoms. The van der Waals surface area contributed by atoms with E-state index >= 15 is 0 Å². The number of hydrogen-bond donors (Lipinski definition) is 3. The van der Waals surface area contributed by atoms with E-state index in [1.807, 2.05) is 67.7 Å². The molecule has 0 aliphatic rings. The number of aromatic amines is 1. The number of amides is 2. The molecule has 5 heteroatoms. The van der Waals surface area contributed by atoms with E-state index in [-0.39, 0.29) is 11.8 Å². The third-order valence-electron chi connectivity index (χ3n) is 5.10. The number of fused-ring (bicyclic) bond motifs is 1. The van der Waals surface area contributed by atoms with Crippen molar-refractivity contribution in [3.63, 3.8) is 0 Å². The van der Waals surface area contributed by atoms with Crippen LogP contribution in [0.1, 0.15) is 27.9 Å². The molecule has 3 N–H and O–H groups in total. The SMILES string of the molecule is Cc1ccc(C(=O)Nc2ccccc2)cc1NC(=O)CCc1c[nH]c2ccccc12. The van der Waals surface area contributed by atoms with Crippen molar-refractivity contribution >= 4 is 34.1 Å². The van der Waals surface area contributed by atoms with E-state index < -0.39 is 0 Å². The van der Waals surface area contributed by atoms with Gasteiger partial charge >= 0.3 is 0 Å². The van der Waals surface area contributed by atoms with Crippen LogP contribution in [-0.2, 0) is 11.2 Å². The highest BCUT2D eigenvalue weighted by molar-refractivity contribution is 6.05. The van der Waals surface area contributed by atoms with Gasteiger partial charge in [0.05, 0.1) is 0 Å². The number of aryl methyl sites for hydroxylation is 2. The lowest BCUT2D eigenvalue weighted by Gasteiger charge is -2.11. The van der Waals surface area contributed by atoms with Gasteiger partial charge in [0.25, 0.3) is 5.91 Å². The molecule has 5 nitrogen and oxygen atoms in total. The molecule has 0 fully saturated rings. The summed E-state index contributed by atoms with van der Waals surface area (Å²) in [5, 5.41) is 6.95. The van der Waals surface area contributed by atoms with Gasteiger partial charge in [-0.3, -0.25) is 9.59 Å². The zero-order chi connectivity index (χ0) is 20.9. The van der Waals surface area contributed by atoms with E-state index in [9.17, 15) is 9.59 Å². The Bertz CT molecular complexity index is 1200. The fraction of sp³-hybridized carbons (Fsp3) is 0.120. The first-order valence-electron chi connectivity index (χ1n) is 9.92. The second kappa shape index (κ2) is 8.66. The number of H-pyrrole nitrogens is 1. The Balaban J connectivity index is 1.41. The minimum Gasteiger partial charge on any atom is -0.361 e. The molecule has 0 radical (unpaired) electrons. The quantitative estimate of drug-likeness (QED) is 0.413. The second-order valence-corrected chi connectivity index (χ2v) is 7.26. The van der Waals surface area contributed by atoms with Crippen molar-refractivity contribution in [3.05, 3.63) is 95.7 Å². The Kier molecular flexibility index (Phi) is 5.61. The summed E-state index contributed by atoms with van der Waals surface area (Å²) in [5.74, 6) is -0.292. The summed E-state index contributed by atoms with van der Waals surface area (Å²) < 4.78 is 0. The molecule has 0 saturated heterocycles. The van der Waals surface area contributed by atoms with Crippen LogP contribution in [0.3, 0.4) is 0 Å². The number of nitrogens with one attached hydrogen (secondary N) is 3.